The van der Waals surface area contributed by atoms with Gasteiger partial charge in [-0.15, -0.1) is 0 Å². The largest absolute Gasteiger partial charge is 0.397 e. The number of hydrogen-bond acceptors (Lipinski definition) is 4. The molecule has 0 atom stereocenters. The predicted molar refractivity (Wildman–Crippen MR) is 86.5 cm³/mol. The second-order valence-electron chi connectivity index (χ2n) is 5.26. The molecule has 6 heteroatoms. The maximum absolute atomic E-state index is 12.7. The maximum Gasteiger partial charge on any atom is 0.221 e. The van der Waals surface area contributed by atoms with E-state index in [1.807, 2.05) is 19.9 Å². The van der Waals surface area contributed by atoms with Crippen molar-refractivity contribution in [3.8, 4) is 0 Å². The van der Waals surface area contributed by atoms with Gasteiger partial charge in [0.05, 0.1) is 21.2 Å². The number of sulfone groups is 1. The predicted octanol–water partition coefficient (Wildman–Crippen LogP) is 2.68. The minimum absolute atomic E-state index is 0.101. The fourth-order valence-corrected chi connectivity index (χ4v) is 3.72. The van der Waals surface area contributed by atoms with E-state index >= 15 is 0 Å². The number of nitrogens with one attached hydrogen (secondary N) is 1. The zero-order valence-electron chi connectivity index (χ0n) is 12.7. The van der Waals surface area contributed by atoms with E-state index in [1.54, 1.807) is 12.1 Å². The summed E-state index contributed by atoms with van der Waals surface area (Å²) in [5.41, 5.74) is 8.18. The molecule has 0 aliphatic heterocycles. The van der Waals surface area contributed by atoms with E-state index in [2.05, 4.69) is 5.32 Å². The lowest BCUT2D eigenvalue weighted by atomic mass is 10.2. The summed E-state index contributed by atoms with van der Waals surface area (Å²) in [5.74, 6) is -0.267. The molecule has 22 heavy (non-hydrogen) atoms. The van der Waals surface area contributed by atoms with Gasteiger partial charge in [0.15, 0.2) is 0 Å². The Balaban J connectivity index is 2.50. The molecule has 116 valence electrons. The lowest BCUT2D eigenvalue weighted by Gasteiger charge is -2.10. The molecule has 2 aromatic carbocycles. The average Bonchev–Trinajstić information content (AvgIpc) is 2.39. The van der Waals surface area contributed by atoms with Crippen molar-refractivity contribution in [2.45, 2.75) is 30.6 Å². The van der Waals surface area contributed by atoms with E-state index < -0.39 is 9.84 Å². The van der Waals surface area contributed by atoms with Gasteiger partial charge in [-0.05, 0) is 55.3 Å². The molecule has 5 nitrogen and oxygen atoms in total. The first kappa shape index (κ1) is 16.0. The molecule has 0 aliphatic carbocycles. The van der Waals surface area contributed by atoms with Crippen LogP contribution < -0.4 is 11.1 Å². The fraction of sp³-hybridized carbons (Fsp3) is 0.188. The van der Waals surface area contributed by atoms with Crippen molar-refractivity contribution in [3.05, 3.63) is 47.5 Å². The number of carbonyl (C=O) groups excluding carboxylic acids is 1. The van der Waals surface area contributed by atoms with E-state index in [4.69, 9.17) is 5.73 Å². The molecule has 2 aromatic rings. The number of amides is 1. The van der Waals surface area contributed by atoms with Gasteiger partial charge in [-0.2, -0.15) is 0 Å². The van der Waals surface area contributed by atoms with E-state index in [1.165, 1.54) is 25.1 Å². The van der Waals surface area contributed by atoms with Crippen LogP contribution in [-0.2, 0) is 14.6 Å². The first-order chi connectivity index (χ1) is 10.2. The van der Waals surface area contributed by atoms with Crippen molar-refractivity contribution in [1.29, 1.82) is 0 Å². The number of nitrogens with two attached hydrogens (primary N) is 1. The van der Waals surface area contributed by atoms with Crippen molar-refractivity contribution < 1.29 is 13.2 Å². The molecule has 0 unspecified atom stereocenters. The molecule has 0 radical (unpaired) electrons. The maximum atomic E-state index is 12.7. The van der Waals surface area contributed by atoms with Crippen LogP contribution in [0.1, 0.15) is 18.1 Å². The van der Waals surface area contributed by atoms with Crippen LogP contribution in [0, 0.1) is 13.8 Å². The topological polar surface area (TPSA) is 89.3 Å². The first-order valence-corrected chi connectivity index (χ1v) is 8.19. The number of hydrogen-bond donors (Lipinski definition) is 2. The number of benzene rings is 2. The molecule has 0 fully saturated rings. The molecule has 0 aromatic heterocycles. The van der Waals surface area contributed by atoms with Gasteiger partial charge in [0.2, 0.25) is 15.7 Å². The van der Waals surface area contributed by atoms with Crippen LogP contribution in [0.15, 0.2) is 46.2 Å². The fourth-order valence-electron chi connectivity index (χ4n) is 2.24. The summed E-state index contributed by atoms with van der Waals surface area (Å²) in [6.07, 6.45) is 0. The Morgan fingerprint density at radius 1 is 1.00 bits per heavy atom. The van der Waals surface area contributed by atoms with E-state index in [-0.39, 0.29) is 21.4 Å². The summed E-state index contributed by atoms with van der Waals surface area (Å²) < 4.78 is 25.4. The molecule has 2 rings (SSSR count). The number of nitrogen functional groups attached to an aromatic ring is 1. The monoisotopic (exact) mass is 318 g/mol. The van der Waals surface area contributed by atoms with Crippen molar-refractivity contribution in [2.75, 3.05) is 11.1 Å². The second kappa shape index (κ2) is 5.81. The van der Waals surface area contributed by atoms with Crippen LogP contribution in [0.5, 0.6) is 0 Å². The standard InChI is InChI=1S/C16H18N2O3S/c1-10-6-11(2)8-14(7-10)22(20,21)13-4-5-16(15(17)9-13)18-12(3)19/h4-9H,17H2,1-3H3,(H,18,19). The zero-order chi connectivity index (χ0) is 16.5. The van der Waals surface area contributed by atoms with Crippen LogP contribution in [-0.4, -0.2) is 14.3 Å². The Bertz CT molecular complexity index is 822. The van der Waals surface area contributed by atoms with Gasteiger partial charge in [0.1, 0.15) is 0 Å². The van der Waals surface area contributed by atoms with Crippen molar-refractivity contribution in [3.63, 3.8) is 0 Å². The number of rotatable bonds is 3. The van der Waals surface area contributed by atoms with E-state index in [0.717, 1.165) is 11.1 Å². The minimum atomic E-state index is -3.64. The Hall–Kier alpha value is -2.34. The number of aryl methyl sites for hydroxylation is 2. The third-order valence-corrected chi connectivity index (χ3v) is 4.88. The smallest absolute Gasteiger partial charge is 0.221 e. The minimum Gasteiger partial charge on any atom is -0.397 e. The Kier molecular flexibility index (Phi) is 4.23. The van der Waals surface area contributed by atoms with Crippen LogP contribution in [0.3, 0.4) is 0 Å². The summed E-state index contributed by atoms with van der Waals surface area (Å²) >= 11 is 0. The molecule has 0 saturated heterocycles. The summed E-state index contributed by atoms with van der Waals surface area (Å²) in [4.78, 5) is 11.4. The second-order valence-corrected chi connectivity index (χ2v) is 7.21. The van der Waals surface area contributed by atoms with Crippen LogP contribution >= 0.6 is 0 Å². The quantitative estimate of drug-likeness (QED) is 0.851. The Labute approximate surface area is 130 Å². The van der Waals surface area contributed by atoms with Gasteiger partial charge in [-0.1, -0.05) is 6.07 Å². The molecule has 1 amide bonds. The molecule has 0 heterocycles. The van der Waals surface area contributed by atoms with E-state index in [9.17, 15) is 13.2 Å². The highest BCUT2D eigenvalue weighted by molar-refractivity contribution is 7.91. The lowest BCUT2D eigenvalue weighted by Crippen LogP contribution is -2.09. The number of carbonyl (C=O) groups is 1. The van der Waals surface area contributed by atoms with E-state index in [0.29, 0.717) is 5.69 Å². The van der Waals surface area contributed by atoms with Gasteiger partial charge in [-0.3, -0.25) is 4.79 Å². The summed E-state index contributed by atoms with van der Waals surface area (Å²) in [5, 5.41) is 2.55. The molecule has 0 spiro atoms. The number of anilines is 2. The third kappa shape index (κ3) is 3.28. The Morgan fingerprint density at radius 2 is 1.59 bits per heavy atom. The molecule has 0 bridgehead atoms. The van der Waals surface area contributed by atoms with Gasteiger partial charge in [0, 0.05) is 6.92 Å². The SMILES string of the molecule is CC(=O)Nc1ccc(S(=O)(=O)c2cc(C)cc(C)c2)cc1N. The molecule has 3 N–H and O–H groups in total. The lowest BCUT2D eigenvalue weighted by molar-refractivity contribution is -0.114. The molecule has 0 aliphatic rings. The molecular weight excluding hydrogens is 300 g/mol. The normalized spacial score (nSPS) is 11.2. The highest BCUT2D eigenvalue weighted by Crippen LogP contribution is 2.28. The molecule has 0 saturated carbocycles. The van der Waals surface area contributed by atoms with Crippen molar-refractivity contribution in [1.82, 2.24) is 0 Å². The summed E-state index contributed by atoms with van der Waals surface area (Å²) in [6.45, 7) is 5.06. The summed E-state index contributed by atoms with van der Waals surface area (Å²) in [7, 11) is -3.64. The highest BCUT2D eigenvalue weighted by Gasteiger charge is 2.19. The van der Waals surface area contributed by atoms with Crippen LogP contribution in [0.4, 0.5) is 11.4 Å². The van der Waals surface area contributed by atoms with Gasteiger partial charge >= 0.3 is 0 Å². The zero-order valence-corrected chi connectivity index (χ0v) is 13.5. The van der Waals surface area contributed by atoms with Crippen LogP contribution in [0.2, 0.25) is 0 Å². The first-order valence-electron chi connectivity index (χ1n) is 6.70. The highest BCUT2D eigenvalue weighted by atomic mass is 32.2. The van der Waals surface area contributed by atoms with Crippen molar-refractivity contribution in [2.24, 2.45) is 0 Å². The van der Waals surface area contributed by atoms with Gasteiger partial charge < -0.3 is 11.1 Å². The van der Waals surface area contributed by atoms with Gasteiger partial charge in [0.25, 0.3) is 0 Å². The summed E-state index contributed by atoms with van der Waals surface area (Å²) in [6, 6.07) is 9.45. The third-order valence-electron chi connectivity index (χ3n) is 3.15. The van der Waals surface area contributed by atoms with Crippen LogP contribution in [0.25, 0.3) is 0 Å². The van der Waals surface area contributed by atoms with Gasteiger partial charge in [-0.25, -0.2) is 8.42 Å². The molecular formula is C16H18N2O3S. The average molecular weight is 318 g/mol. The van der Waals surface area contributed by atoms with Crippen molar-refractivity contribution >= 4 is 27.1 Å². The Morgan fingerprint density at radius 3 is 2.09 bits per heavy atom.